The van der Waals surface area contributed by atoms with Crippen LogP contribution in [-0.2, 0) is 32.5 Å². The minimum atomic E-state index is -3.72. The smallest absolute Gasteiger partial charge is 0.240 e. The molecule has 0 spiro atoms. The molecule has 1 fully saturated rings. The summed E-state index contributed by atoms with van der Waals surface area (Å²) in [5.74, 6) is 0.0277. The van der Waals surface area contributed by atoms with Gasteiger partial charge in [0.15, 0.2) is 0 Å². The molecule has 2 aromatic rings. The minimum absolute atomic E-state index is 0.0277. The Labute approximate surface area is 189 Å². The van der Waals surface area contributed by atoms with E-state index >= 15 is 0 Å². The molecule has 2 aliphatic rings. The van der Waals surface area contributed by atoms with Crippen molar-refractivity contribution in [1.82, 2.24) is 9.62 Å². The summed E-state index contributed by atoms with van der Waals surface area (Å²) < 4.78 is 34.1. The number of aryl methyl sites for hydroxylation is 1. The van der Waals surface area contributed by atoms with Gasteiger partial charge in [-0.3, -0.25) is 4.79 Å². The second kappa shape index (κ2) is 9.70. The van der Waals surface area contributed by atoms with Gasteiger partial charge in [0, 0.05) is 13.1 Å². The van der Waals surface area contributed by atoms with Gasteiger partial charge in [0.1, 0.15) is 0 Å². The van der Waals surface area contributed by atoms with Crippen LogP contribution in [0.2, 0.25) is 0 Å². The molecule has 2 aromatic carbocycles. The van der Waals surface area contributed by atoms with Crippen LogP contribution in [0.3, 0.4) is 0 Å². The summed E-state index contributed by atoms with van der Waals surface area (Å²) in [6, 6.07) is 14.2. The average Bonchev–Trinajstić information content (AvgIpc) is 2.79. The predicted octanol–water partition coefficient (Wildman–Crippen LogP) is 2.16. The van der Waals surface area contributed by atoms with Crippen molar-refractivity contribution >= 4 is 15.9 Å². The molecule has 0 unspecified atom stereocenters. The fourth-order valence-corrected chi connectivity index (χ4v) is 5.73. The lowest BCUT2D eigenvalue weighted by molar-refractivity contribution is -0.140. The average molecular weight is 459 g/mol. The molecule has 0 aliphatic carbocycles. The van der Waals surface area contributed by atoms with E-state index < -0.39 is 22.2 Å². The van der Waals surface area contributed by atoms with E-state index in [4.69, 9.17) is 4.74 Å². The molecular formula is C24H30N2O5S. The lowest BCUT2D eigenvalue weighted by Gasteiger charge is -2.37. The van der Waals surface area contributed by atoms with E-state index in [2.05, 4.69) is 16.9 Å². The molecule has 0 aromatic heterocycles. The molecular weight excluding hydrogens is 428 g/mol. The van der Waals surface area contributed by atoms with Crippen LogP contribution in [0.25, 0.3) is 0 Å². The van der Waals surface area contributed by atoms with Gasteiger partial charge in [-0.1, -0.05) is 42.0 Å². The number of rotatable bonds is 6. The standard InChI is InChI=1S/C24H30N2O5S/c1-17-6-9-21(10-7-17)32(29,30)25-22-11-8-20(31-23(22)16-27)14-24(28)26-13-12-18-4-2-3-5-19(18)15-26/h2-7,9-10,20,22-23,25,27H,8,11-16H2,1H3/t20-,22-,23-/m0/s1. The third kappa shape index (κ3) is 5.20. The van der Waals surface area contributed by atoms with Crippen molar-refractivity contribution in [2.45, 2.75) is 62.3 Å². The van der Waals surface area contributed by atoms with Crippen molar-refractivity contribution in [3.05, 3.63) is 65.2 Å². The van der Waals surface area contributed by atoms with Crippen LogP contribution in [0.15, 0.2) is 53.4 Å². The first-order valence-corrected chi connectivity index (χ1v) is 12.5. The second-order valence-electron chi connectivity index (χ2n) is 8.64. The van der Waals surface area contributed by atoms with E-state index in [9.17, 15) is 18.3 Å². The van der Waals surface area contributed by atoms with Crippen molar-refractivity contribution < 1.29 is 23.1 Å². The molecule has 0 saturated carbocycles. The van der Waals surface area contributed by atoms with E-state index in [1.54, 1.807) is 24.3 Å². The highest BCUT2D eigenvalue weighted by molar-refractivity contribution is 7.89. The highest BCUT2D eigenvalue weighted by Gasteiger charge is 2.35. The number of hydrogen-bond acceptors (Lipinski definition) is 5. The molecule has 172 valence electrons. The highest BCUT2D eigenvalue weighted by Crippen LogP contribution is 2.26. The normalized spacial score (nSPS) is 23.6. The van der Waals surface area contributed by atoms with Crippen LogP contribution in [-0.4, -0.2) is 55.7 Å². The maximum absolute atomic E-state index is 12.9. The Morgan fingerprint density at radius 1 is 1.12 bits per heavy atom. The predicted molar refractivity (Wildman–Crippen MR) is 120 cm³/mol. The molecule has 8 heteroatoms. The van der Waals surface area contributed by atoms with Gasteiger partial charge in [0.05, 0.1) is 36.2 Å². The van der Waals surface area contributed by atoms with E-state index in [1.807, 2.05) is 24.0 Å². The Balaban J connectivity index is 1.34. The number of ether oxygens (including phenoxy) is 1. The quantitative estimate of drug-likeness (QED) is 0.692. The summed E-state index contributed by atoms with van der Waals surface area (Å²) in [6.45, 7) is 2.86. The van der Waals surface area contributed by atoms with Gasteiger partial charge in [-0.05, 0) is 49.4 Å². The van der Waals surface area contributed by atoms with E-state index in [1.165, 1.54) is 11.1 Å². The first kappa shape index (κ1) is 22.9. The number of fused-ring (bicyclic) bond motifs is 1. The first-order valence-electron chi connectivity index (χ1n) is 11.1. The van der Waals surface area contributed by atoms with Crippen molar-refractivity contribution in [2.75, 3.05) is 13.2 Å². The highest BCUT2D eigenvalue weighted by atomic mass is 32.2. The Kier molecular flexibility index (Phi) is 6.95. The summed E-state index contributed by atoms with van der Waals surface area (Å²) in [5, 5.41) is 9.82. The molecule has 7 nitrogen and oxygen atoms in total. The van der Waals surface area contributed by atoms with E-state index in [0.29, 0.717) is 25.9 Å². The van der Waals surface area contributed by atoms with Gasteiger partial charge in [-0.25, -0.2) is 13.1 Å². The summed E-state index contributed by atoms with van der Waals surface area (Å²) in [7, 11) is -3.72. The number of carbonyl (C=O) groups is 1. The van der Waals surface area contributed by atoms with Crippen LogP contribution in [0.1, 0.15) is 36.0 Å². The Morgan fingerprint density at radius 3 is 2.56 bits per heavy atom. The van der Waals surface area contributed by atoms with E-state index in [0.717, 1.165) is 12.0 Å². The molecule has 2 heterocycles. The largest absolute Gasteiger partial charge is 0.394 e. The summed E-state index contributed by atoms with van der Waals surface area (Å²) in [4.78, 5) is 14.9. The van der Waals surface area contributed by atoms with Crippen LogP contribution in [0.4, 0.5) is 0 Å². The van der Waals surface area contributed by atoms with Gasteiger partial charge in [-0.15, -0.1) is 0 Å². The minimum Gasteiger partial charge on any atom is -0.394 e. The Bertz CT molecular complexity index is 1050. The molecule has 32 heavy (non-hydrogen) atoms. The number of carbonyl (C=O) groups excluding carboxylic acids is 1. The maximum Gasteiger partial charge on any atom is 0.240 e. The van der Waals surface area contributed by atoms with Gasteiger partial charge in [0.25, 0.3) is 0 Å². The number of benzene rings is 2. The van der Waals surface area contributed by atoms with Crippen LogP contribution >= 0.6 is 0 Å². The topological polar surface area (TPSA) is 95.9 Å². The van der Waals surface area contributed by atoms with Crippen molar-refractivity contribution in [1.29, 1.82) is 0 Å². The summed E-state index contributed by atoms with van der Waals surface area (Å²) in [6.07, 6.45) is 1.09. The fraction of sp³-hybridized carbons (Fsp3) is 0.458. The first-order chi connectivity index (χ1) is 15.4. The van der Waals surface area contributed by atoms with Crippen LogP contribution in [0.5, 0.6) is 0 Å². The number of hydrogen-bond donors (Lipinski definition) is 2. The molecule has 1 saturated heterocycles. The van der Waals surface area contributed by atoms with Gasteiger partial charge in [0.2, 0.25) is 15.9 Å². The van der Waals surface area contributed by atoms with Crippen LogP contribution < -0.4 is 4.72 Å². The zero-order valence-corrected chi connectivity index (χ0v) is 19.1. The lowest BCUT2D eigenvalue weighted by atomic mass is 9.96. The van der Waals surface area contributed by atoms with Gasteiger partial charge < -0.3 is 14.7 Å². The maximum atomic E-state index is 12.9. The van der Waals surface area contributed by atoms with Crippen molar-refractivity contribution in [3.63, 3.8) is 0 Å². The third-order valence-corrected chi connectivity index (χ3v) is 7.82. The zero-order valence-electron chi connectivity index (χ0n) is 18.2. The SMILES string of the molecule is Cc1ccc(S(=O)(=O)N[C@H]2CC[C@@H](CC(=O)N3CCc4ccccc4C3)O[C@H]2CO)cc1. The molecule has 2 aliphatic heterocycles. The van der Waals surface area contributed by atoms with E-state index in [-0.39, 0.29) is 29.9 Å². The molecule has 0 bridgehead atoms. The molecule has 3 atom stereocenters. The number of amides is 1. The van der Waals surface area contributed by atoms with Gasteiger partial charge in [-0.2, -0.15) is 0 Å². The summed E-state index contributed by atoms with van der Waals surface area (Å²) >= 11 is 0. The number of nitrogens with zero attached hydrogens (tertiary/aromatic N) is 1. The van der Waals surface area contributed by atoms with Crippen LogP contribution in [0, 0.1) is 6.92 Å². The number of aliphatic hydroxyl groups excluding tert-OH is 1. The zero-order chi connectivity index (χ0) is 22.7. The molecule has 4 rings (SSSR count). The second-order valence-corrected chi connectivity index (χ2v) is 10.3. The number of aliphatic hydroxyl groups is 1. The lowest BCUT2D eigenvalue weighted by Crippen LogP contribution is -2.51. The number of nitrogens with one attached hydrogen (secondary N) is 1. The molecule has 1 amide bonds. The van der Waals surface area contributed by atoms with Gasteiger partial charge >= 0.3 is 0 Å². The summed E-state index contributed by atoms with van der Waals surface area (Å²) in [5.41, 5.74) is 3.44. The molecule has 0 radical (unpaired) electrons. The van der Waals surface area contributed by atoms with Crippen molar-refractivity contribution in [3.8, 4) is 0 Å². The third-order valence-electron chi connectivity index (χ3n) is 6.32. The number of sulfonamides is 1. The monoisotopic (exact) mass is 458 g/mol. The fourth-order valence-electron chi connectivity index (χ4n) is 4.43. The Hall–Kier alpha value is -2.26. The molecule has 2 N–H and O–H groups in total. The Morgan fingerprint density at radius 2 is 1.84 bits per heavy atom. The van der Waals surface area contributed by atoms with Crippen molar-refractivity contribution in [2.24, 2.45) is 0 Å².